The summed E-state index contributed by atoms with van der Waals surface area (Å²) in [5.74, 6) is -0.700. The van der Waals surface area contributed by atoms with Gasteiger partial charge in [-0.3, -0.25) is 19.3 Å². The van der Waals surface area contributed by atoms with Gasteiger partial charge in [-0.1, -0.05) is 38.4 Å². The number of aromatic nitrogens is 1. The van der Waals surface area contributed by atoms with E-state index in [1.807, 2.05) is 12.1 Å². The third kappa shape index (κ3) is 8.62. The molecule has 202 valence electrons. The minimum absolute atomic E-state index is 0.0597. The Labute approximate surface area is 229 Å². The molecule has 3 rings (SSSR count). The van der Waals surface area contributed by atoms with Crippen molar-refractivity contribution in [3.05, 3.63) is 40.4 Å². The molecule has 0 radical (unpaired) electrons. The zero-order valence-electron chi connectivity index (χ0n) is 22.1. The van der Waals surface area contributed by atoms with Crippen LogP contribution in [0.5, 0.6) is 0 Å². The number of benzene rings is 1. The Morgan fingerprint density at radius 3 is 2.65 bits per heavy atom. The molecule has 2 aromatic rings. The van der Waals surface area contributed by atoms with Crippen LogP contribution in [0, 0.1) is 11.8 Å². The number of amides is 2. The van der Waals surface area contributed by atoms with Crippen LogP contribution in [0.4, 0.5) is 0 Å². The Hall–Kier alpha value is -2.29. The number of nitrogens with one attached hydrogen (secondary N) is 2. The summed E-state index contributed by atoms with van der Waals surface area (Å²) in [4.78, 5) is 45.4. The van der Waals surface area contributed by atoms with Crippen LogP contribution in [0.2, 0.25) is 5.02 Å². The minimum Gasteiger partial charge on any atom is -0.359 e. The normalized spacial score (nSPS) is 16.3. The number of Topliss-reactive ketones (excluding diaryl/α,β-unsaturated/α-hetero) is 1. The molecule has 1 saturated heterocycles. The predicted octanol–water partition coefficient (Wildman–Crippen LogP) is 4.78. The molecule has 0 saturated carbocycles. The van der Waals surface area contributed by atoms with Gasteiger partial charge in [0, 0.05) is 49.5 Å². The molecule has 1 aliphatic heterocycles. The number of carbonyl (C=O) groups is 3. The van der Waals surface area contributed by atoms with Gasteiger partial charge in [-0.2, -0.15) is 0 Å². The highest BCUT2D eigenvalue weighted by Gasteiger charge is 2.28. The lowest BCUT2D eigenvalue weighted by atomic mass is 9.91. The average molecular weight is 547 g/mol. The maximum Gasteiger partial charge on any atom is 0.224 e. The van der Waals surface area contributed by atoms with Crippen molar-refractivity contribution >= 4 is 50.8 Å². The Bertz CT molecular complexity index is 1110. The summed E-state index contributed by atoms with van der Waals surface area (Å²) in [5, 5.41) is 7.22. The van der Waals surface area contributed by atoms with Crippen LogP contribution in [-0.4, -0.2) is 60.2 Å². The van der Waals surface area contributed by atoms with E-state index in [2.05, 4.69) is 40.9 Å². The maximum absolute atomic E-state index is 13.5. The number of likely N-dealkylation sites (tertiary alicyclic amines) is 1. The van der Waals surface area contributed by atoms with E-state index in [1.54, 1.807) is 13.1 Å². The third-order valence-corrected chi connectivity index (χ3v) is 8.52. The van der Waals surface area contributed by atoms with Gasteiger partial charge in [-0.05, 0) is 56.5 Å². The standard InChI is InChI=1S/C28H39ClN4O3S/c1-5-18(2)22(10-11-24(34)19(3)17-33-12-6-7-13-33)32-28(36)20(14-26(35)30-4)15-27-31-23-9-8-21(29)16-25(23)37-27/h8-9,16,18,20,22H,3,5-7,10-15,17H2,1-2,4H3,(H,30,35)(H,32,36)/t18-,20-,22+/m0/s1. The number of hydrogen-bond donors (Lipinski definition) is 2. The second kappa shape index (κ2) is 14.0. The Morgan fingerprint density at radius 2 is 1.97 bits per heavy atom. The van der Waals surface area contributed by atoms with E-state index in [1.165, 1.54) is 24.2 Å². The zero-order chi connectivity index (χ0) is 26.9. The van der Waals surface area contributed by atoms with Gasteiger partial charge in [-0.15, -0.1) is 11.3 Å². The van der Waals surface area contributed by atoms with Crippen LogP contribution in [0.1, 0.15) is 57.4 Å². The lowest BCUT2D eigenvalue weighted by Gasteiger charge is -2.27. The van der Waals surface area contributed by atoms with Gasteiger partial charge in [0.15, 0.2) is 5.78 Å². The quantitative estimate of drug-likeness (QED) is 0.333. The van der Waals surface area contributed by atoms with E-state index >= 15 is 0 Å². The third-order valence-electron chi connectivity index (χ3n) is 7.25. The van der Waals surface area contributed by atoms with Crippen LogP contribution in [0.3, 0.4) is 0 Å². The molecule has 1 aromatic heterocycles. The highest BCUT2D eigenvalue weighted by molar-refractivity contribution is 7.18. The van der Waals surface area contributed by atoms with Crippen LogP contribution >= 0.6 is 22.9 Å². The van der Waals surface area contributed by atoms with Gasteiger partial charge in [0.1, 0.15) is 0 Å². The number of fused-ring (bicyclic) bond motifs is 1. The van der Waals surface area contributed by atoms with Crippen molar-refractivity contribution < 1.29 is 14.4 Å². The van der Waals surface area contributed by atoms with Crippen molar-refractivity contribution in [3.63, 3.8) is 0 Å². The van der Waals surface area contributed by atoms with Crippen LogP contribution in [0.15, 0.2) is 30.4 Å². The highest BCUT2D eigenvalue weighted by atomic mass is 35.5. The number of thiazole rings is 1. The molecule has 3 atom stereocenters. The molecule has 2 amide bonds. The number of hydrogen-bond acceptors (Lipinski definition) is 6. The molecule has 2 N–H and O–H groups in total. The fourth-order valence-electron chi connectivity index (χ4n) is 4.67. The van der Waals surface area contributed by atoms with Crippen molar-refractivity contribution in [3.8, 4) is 0 Å². The fraction of sp³-hybridized carbons (Fsp3) is 0.571. The second-order valence-electron chi connectivity index (χ2n) is 10.0. The molecule has 37 heavy (non-hydrogen) atoms. The first-order valence-electron chi connectivity index (χ1n) is 13.2. The smallest absolute Gasteiger partial charge is 0.224 e. The van der Waals surface area contributed by atoms with Crippen LogP contribution < -0.4 is 10.6 Å². The molecule has 1 aliphatic rings. The molecule has 9 heteroatoms. The predicted molar refractivity (Wildman–Crippen MR) is 151 cm³/mol. The monoisotopic (exact) mass is 546 g/mol. The number of halogens is 1. The van der Waals surface area contributed by atoms with Gasteiger partial charge in [0.25, 0.3) is 0 Å². The van der Waals surface area contributed by atoms with E-state index in [4.69, 9.17) is 11.6 Å². The summed E-state index contributed by atoms with van der Waals surface area (Å²) in [6, 6.07) is 5.35. The van der Waals surface area contributed by atoms with E-state index in [0.717, 1.165) is 34.7 Å². The zero-order valence-corrected chi connectivity index (χ0v) is 23.7. The first kappa shape index (κ1) is 29.3. The van der Waals surface area contributed by atoms with Gasteiger partial charge in [0.2, 0.25) is 11.8 Å². The Balaban J connectivity index is 1.66. The summed E-state index contributed by atoms with van der Waals surface area (Å²) < 4.78 is 0.951. The summed E-state index contributed by atoms with van der Waals surface area (Å²) in [6.45, 7) is 10.8. The molecular weight excluding hydrogens is 508 g/mol. The van der Waals surface area contributed by atoms with Crippen molar-refractivity contribution in [1.82, 2.24) is 20.5 Å². The fourth-order valence-corrected chi connectivity index (χ4v) is 6.00. The summed E-state index contributed by atoms with van der Waals surface area (Å²) in [5.41, 5.74) is 1.47. The minimum atomic E-state index is -0.566. The van der Waals surface area contributed by atoms with Crippen molar-refractivity contribution in [2.75, 3.05) is 26.7 Å². The highest BCUT2D eigenvalue weighted by Crippen LogP contribution is 2.28. The second-order valence-corrected chi connectivity index (χ2v) is 11.6. The molecule has 1 fully saturated rings. The molecule has 7 nitrogen and oxygen atoms in total. The Kier molecular flexibility index (Phi) is 11.1. The van der Waals surface area contributed by atoms with Crippen molar-refractivity contribution in [2.24, 2.45) is 11.8 Å². The van der Waals surface area contributed by atoms with Crippen LogP contribution in [0.25, 0.3) is 10.2 Å². The molecule has 0 aliphatic carbocycles. The topological polar surface area (TPSA) is 91.4 Å². The van der Waals surface area contributed by atoms with E-state index in [9.17, 15) is 14.4 Å². The average Bonchev–Trinajstić information content (AvgIpc) is 3.54. The van der Waals surface area contributed by atoms with Gasteiger partial charge in [0.05, 0.1) is 21.1 Å². The first-order chi connectivity index (χ1) is 17.7. The molecule has 0 unspecified atom stereocenters. The van der Waals surface area contributed by atoms with Crippen molar-refractivity contribution in [1.29, 1.82) is 0 Å². The maximum atomic E-state index is 13.5. The summed E-state index contributed by atoms with van der Waals surface area (Å²) in [6.07, 6.45) is 4.53. The van der Waals surface area contributed by atoms with Gasteiger partial charge in [-0.25, -0.2) is 4.98 Å². The molecule has 2 heterocycles. The van der Waals surface area contributed by atoms with Gasteiger partial charge < -0.3 is 10.6 Å². The number of ketones is 1. The molecule has 1 aromatic carbocycles. The lowest BCUT2D eigenvalue weighted by molar-refractivity contribution is -0.131. The van der Waals surface area contributed by atoms with E-state index in [0.29, 0.717) is 36.4 Å². The lowest BCUT2D eigenvalue weighted by Crippen LogP contribution is -2.44. The first-order valence-corrected chi connectivity index (χ1v) is 14.4. The number of rotatable bonds is 14. The summed E-state index contributed by atoms with van der Waals surface area (Å²) >= 11 is 7.60. The van der Waals surface area contributed by atoms with Crippen LogP contribution in [-0.2, 0) is 20.8 Å². The van der Waals surface area contributed by atoms with E-state index < -0.39 is 5.92 Å². The van der Waals surface area contributed by atoms with E-state index in [-0.39, 0.29) is 36.0 Å². The summed E-state index contributed by atoms with van der Waals surface area (Å²) in [7, 11) is 1.57. The molecular formula is C28H39ClN4O3S. The van der Waals surface area contributed by atoms with Crippen molar-refractivity contribution in [2.45, 2.75) is 64.8 Å². The Morgan fingerprint density at radius 1 is 1.24 bits per heavy atom. The van der Waals surface area contributed by atoms with Gasteiger partial charge >= 0.3 is 0 Å². The number of carbonyl (C=O) groups excluding carboxylic acids is 3. The number of nitrogens with zero attached hydrogens (tertiary/aromatic N) is 2. The molecule has 0 spiro atoms. The SMILES string of the molecule is C=C(CN1CCCC1)C(=O)CC[C@@H](NC(=O)[C@@H](CC(=O)NC)Cc1nc2ccc(Cl)cc2s1)[C@@H](C)CC. The molecule has 0 bridgehead atoms. The largest absolute Gasteiger partial charge is 0.359 e.